The summed E-state index contributed by atoms with van der Waals surface area (Å²) in [4.78, 5) is 0. The quantitative estimate of drug-likeness (QED) is 0.767. The van der Waals surface area contributed by atoms with Crippen molar-refractivity contribution < 1.29 is 0 Å². The minimum atomic E-state index is -0.748. The lowest BCUT2D eigenvalue weighted by Gasteiger charge is -2.47. The predicted octanol–water partition coefficient (Wildman–Crippen LogP) is 2.03. The van der Waals surface area contributed by atoms with Gasteiger partial charge in [-0.1, -0.05) is 6.92 Å². The average molecular weight is 212 g/mol. The Bertz CT molecular complexity index is 140. The summed E-state index contributed by atoms with van der Waals surface area (Å²) in [5.74, 6) is 0. The third-order valence-corrected chi connectivity index (χ3v) is 7.13. The van der Waals surface area contributed by atoms with Gasteiger partial charge in [0.2, 0.25) is 0 Å². The molecule has 0 amide bonds. The van der Waals surface area contributed by atoms with Crippen LogP contribution in [0.3, 0.4) is 0 Å². The first-order valence-corrected chi connectivity index (χ1v) is 9.37. The maximum Gasteiger partial charge on any atom is 0.00539 e. The first-order valence-electron chi connectivity index (χ1n) is 4.10. The Morgan fingerprint density at radius 3 is 1.75 bits per heavy atom. The third-order valence-electron chi connectivity index (χ3n) is 1.68. The Hall–Kier alpha value is 0.620. The first kappa shape index (κ1) is 12.6. The van der Waals surface area contributed by atoms with Crippen LogP contribution >= 0.6 is 20.6 Å². The Kier molecular flexibility index (Phi) is 4.44. The Morgan fingerprint density at radius 1 is 1.08 bits per heavy atom. The predicted molar refractivity (Wildman–Crippen MR) is 66.2 cm³/mol. The maximum atomic E-state index is 3.74. The molecule has 0 aromatic rings. The van der Waals surface area contributed by atoms with Crippen LogP contribution in [-0.2, 0) is 0 Å². The van der Waals surface area contributed by atoms with Crippen LogP contribution in [0.5, 0.6) is 0 Å². The molecule has 0 heterocycles. The molecule has 0 saturated heterocycles. The van der Waals surface area contributed by atoms with Crippen LogP contribution in [0.1, 0.15) is 6.92 Å². The lowest BCUT2D eigenvalue weighted by molar-refractivity contribution is 0.585. The van der Waals surface area contributed by atoms with Gasteiger partial charge in [0.05, 0.1) is 0 Å². The van der Waals surface area contributed by atoms with E-state index in [4.69, 9.17) is 0 Å². The summed E-state index contributed by atoms with van der Waals surface area (Å²) in [6, 6.07) is 0. The number of nitrogens with zero attached hydrogens (tertiary/aromatic N) is 1. The molecule has 0 saturated carbocycles. The standard InChI is InChI=1S/C8H24N2S2/c1-8-10(2)12(6,7)9-11(3,4)5/h9H,8H2,1-7H3. The number of hydrogen-bond donors (Lipinski definition) is 1. The zero-order chi connectivity index (χ0) is 9.99. The van der Waals surface area contributed by atoms with Gasteiger partial charge in [-0.25, -0.2) is 4.13 Å². The first-order chi connectivity index (χ1) is 5.19. The van der Waals surface area contributed by atoms with Crippen LogP contribution in [0.2, 0.25) is 0 Å². The highest BCUT2D eigenvalue weighted by Crippen LogP contribution is 2.48. The van der Waals surface area contributed by atoms with Crippen molar-refractivity contribution in [3.63, 3.8) is 0 Å². The molecule has 0 aliphatic rings. The van der Waals surface area contributed by atoms with Gasteiger partial charge in [-0.15, -0.1) is 10.4 Å². The molecular weight excluding hydrogens is 188 g/mol. The van der Waals surface area contributed by atoms with E-state index in [2.05, 4.69) is 53.7 Å². The highest BCUT2D eigenvalue weighted by atomic mass is 32.3. The molecule has 0 fully saturated rings. The van der Waals surface area contributed by atoms with Crippen LogP contribution in [0.25, 0.3) is 0 Å². The molecule has 2 nitrogen and oxygen atoms in total. The largest absolute Gasteiger partial charge is 0.259 e. The molecule has 0 unspecified atom stereocenters. The highest BCUT2D eigenvalue weighted by Gasteiger charge is 2.19. The van der Waals surface area contributed by atoms with E-state index in [9.17, 15) is 0 Å². The third kappa shape index (κ3) is 4.60. The molecule has 0 aromatic heterocycles. The number of hydrogen-bond acceptors (Lipinski definition) is 2. The monoisotopic (exact) mass is 212 g/mol. The fourth-order valence-electron chi connectivity index (χ4n) is 0.998. The fourth-order valence-corrected chi connectivity index (χ4v) is 7.05. The van der Waals surface area contributed by atoms with Gasteiger partial charge in [0.1, 0.15) is 0 Å². The molecule has 1 N–H and O–H groups in total. The van der Waals surface area contributed by atoms with E-state index >= 15 is 0 Å². The summed E-state index contributed by atoms with van der Waals surface area (Å²) in [6.45, 7) is 3.32. The van der Waals surface area contributed by atoms with Gasteiger partial charge in [-0.05, 0) is 38.3 Å². The number of rotatable bonds is 4. The SMILES string of the molecule is CCN(C)S(C)(C)NS(C)(C)C. The van der Waals surface area contributed by atoms with Crippen molar-refractivity contribution in [3.05, 3.63) is 0 Å². The van der Waals surface area contributed by atoms with E-state index in [1.54, 1.807) is 0 Å². The summed E-state index contributed by atoms with van der Waals surface area (Å²) in [5.41, 5.74) is 0. The lowest BCUT2D eigenvalue weighted by Crippen LogP contribution is -2.33. The lowest BCUT2D eigenvalue weighted by atomic mass is 10.8. The zero-order valence-corrected chi connectivity index (χ0v) is 11.1. The van der Waals surface area contributed by atoms with Crippen LogP contribution in [-0.4, -0.2) is 49.2 Å². The highest BCUT2D eigenvalue weighted by molar-refractivity contribution is 8.43. The second-order valence-corrected chi connectivity index (χ2v) is 11.6. The van der Waals surface area contributed by atoms with Gasteiger partial charge in [-0.2, -0.15) is 10.2 Å². The van der Waals surface area contributed by atoms with E-state index < -0.39 is 20.6 Å². The zero-order valence-electron chi connectivity index (χ0n) is 9.47. The van der Waals surface area contributed by atoms with Gasteiger partial charge in [0.15, 0.2) is 0 Å². The normalized spacial score (nSPS) is 16.7. The topological polar surface area (TPSA) is 15.3 Å². The maximum absolute atomic E-state index is 3.74. The van der Waals surface area contributed by atoms with Crippen LogP contribution in [0.15, 0.2) is 0 Å². The van der Waals surface area contributed by atoms with Crippen molar-refractivity contribution in [2.24, 2.45) is 0 Å². The van der Waals surface area contributed by atoms with Crippen molar-refractivity contribution in [2.75, 3.05) is 44.9 Å². The Labute approximate surface area is 81.1 Å². The Balaban J connectivity index is 4.22. The summed E-state index contributed by atoms with van der Waals surface area (Å²) < 4.78 is 6.15. The minimum absolute atomic E-state index is 0.592. The molecule has 0 rings (SSSR count). The molecule has 12 heavy (non-hydrogen) atoms. The Morgan fingerprint density at radius 2 is 1.50 bits per heavy atom. The summed E-state index contributed by atoms with van der Waals surface area (Å²) in [7, 11) is 0.849. The smallest absolute Gasteiger partial charge is 0.00539 e. The molecule has 0 radical (unpaired) electrons. The molecule has 0 aromatic carbocycles. The van der Waals surface area contributed by atoms with Crippen LogP contribution < -0.4 is 4.13 Å². The number of nitrogens with one attached hydrogen (secondary N) is 1. The second kappa shape index (κ2) is 4.22. The minimum Gasteiger partial charge on any atom is -0.259 e. The summed E-state index contributed by atoms with van der Waals surface area (Å²) in [6.07, 6.45) is 11.5. The van der Waals surface area contributed by atoms with E-state index in [1.165, 1.54) is 0 Å². The summed E-state index contributed by atoms with van der Waals surface area (Å²) >= 11 is 0. The molecule has 0 aliphatic heterocycles. The van der Waals surface area contributed by atoms with Gasteiger partial charge in [0.25, 0.3) is 0 Å². The molecular formula is C8H24N2S2. The van der Waals surface area contributed by atoms with Gasteiger partial charge < -0.3 is 0 Å². The van der Waals surface area contributed by atoms with Crippen molar-refractivity contribution in [2.45, 2.75) is 6.92 Å². The van der Waals surface area contributed by atoms with Crippen molar-refractivity contribution in [1.82, 2.24) is 8.43 Å². The van der Waals surface area contributed by atoms with Crippen LogP contribution in [0, 0.1) is 0 Å². The van der Waals surface area contributed by atoms with Crippen molar-refractivity contribution in [3.8, 4) is 0 Å². The van der Waals surface area contributed by atoms with Gasteiger partial charge >= 0.3 is 0 Å². The fraction of sp³-hybridized carbons (Fsp3) is 1.00. The van der Waals surface area contributed by atoms with E-state index in [0.29, 0.717) is 0 Å². The van der Waals surface area contributed by atoms with Crippen LogP contribution in [0.4, 0.5) is 0 Å². The molecule has 0 bridgehead atoms. The van der Waals surface area contributed by atoms with Gasteiger partial charge in [0, 0.05) is 6.54 Å². The van der Waals surface area contributed by atoms with Crippen molar-refractivity contribution >= 4 is 20.6 Å². The molecule has 0 aliphatic carbocycles. The summed E-state index contributed by atoms with van der Waals surface area (Å²) in [5, 5.41) is 0. The van der Waals surface area contributed by atoms with Crippen molar-refractivity contribution in [1.29, 1.82) is 0 Å². The van der Waals surface area contributed by atoms with E-state index in [-0.39, 0.29) is 0 Å². The molecule has 0 atom stereocenters. The second-order valence-electron chi connectivity index (χ2n) is 4.14. The molecule has 78 valence electrons. The van der Waals surface area contributed by atoms with E-state index in [0.717, 1.165) is 6.54 Å². The molecule has 4 heteroatoms. The van der Waals surface area contributed by atoms with E-state index in [1.807, 2.05) is 0 Å². The van der Waals surface area contributed by atoms with Gasteiger partial charge in [-0.3, -0.25) is 4.31 Å². The average Bonchev–Trinajstić information content (AvgIpc) is 1.80. The molecule has 0 spiro atoms.